The van der Waals surface area contributed by atoms with Crippen molar-refractivity contribution in [2.45, 2.75) is 5.92 Å². The average Bonchev–Trinajstić information content (AvgIpc) is 2.38. The fourth-order valence-corrected chi connectivity index (χ4v) is 2.84. The summed E-state index contributed by atoms with van der Waals surface area (Å²) in [6.07, 6.45) is 0. The average molecular weight is 274 g/mol. The molecule has 19 heavy (non-hydrogen) atoms. The van der Waals surface area contributed by atoms with E-state index in [0.717, 1.165) is 22.5 Å². The van der Waals surface area contributed by atoms with Crippen LogP contribution in [0, 0.1) is 0 Å². The van der Waals surface area contributed by atoms with Crippen molar-refractivity contribution in [2.75, 3.05) is 11.9 Å². The first-order valence-electron chi connectivity index (χ1n) is 5.94. The van der Waals surface area contributed by atoms with Crippen LogP contribution in [0.25, 0.3) is 0 Å². The molecule has 2 aromatic rings. The van der Waals surface area contributed by atoms with Crippen molar-refractivity contribution < 1.29 is 9.90 Å². The molecule has 0 radical (unpaired) electrons. The molecule has 0 spiro atoms. The molecule has 0 aliphatic carbocycles. The van der Waals surface area contributed by atoms with Crippen LogP contribution in [-0.2, 0) is 4.79 Å². The molecule has 96 valence electrons. The molecular weight excluding hydrogens is 262 g/mol. The normalized spacial score (nSPS) is 16.7. The van der Waals surface area contributed by atoms with E-state index in [9.17, 15) is 9.90 Å². The third-order valence-electron chi connectivity index (χ3n) is 3.52. The molecule has 0 fully saturated rings. The standard InChI is InChI=1S/C15H12ClNO2/c1-17-12-5-3-2-4-10(12)14(15(18)19)11-8-9(16)6-7-13(11)17/h2-8,14H,1H3,(H,18,19). The van der Waals surface area contributed by atoms with Crippen LogP contribution >= 0.6 is 11.6 Å². The number of anilines is 2. The van der Waals surface area contributed by atoms with E-state index in [-0.39, 0.29) is 0 Å². The minimum absolute atomic E-state index is 0.554. The molecule has 0 amide bonds. The molecule has 0 saturated heterocycles. The Labute approximate surface area is 116 Å². The lowest BCUT2D eigenvalue weighted by Crippen LogP contribution is -2.25. The van der Waals surface area contributed by atoms with Gasteiger partial charge < -0.3 is 10.0 Å². The topological polar surface area (TPSA) is 40.5 Å². The van der Waals surface area contributed by atoms with Gasteiger partial charge in [0.25, 0.3) is 0 Å². The van der Waals surface area contributed by atoms with Crippen LogP contribution in [0.15, 0.2) is 42.5 Å². The number of rotatable bonds is 1. The second kappa shape index (κ2) is 4.28. The Kier molecular flexibility index (Phi) is 2.72. The zero-order chi connectivity index (χ0) is 13.6. The summed E-state index contributed by atoms with van der Waals surface area (Å²) in [7, 11) is 1.93. The van der Waals surface area contributed by atoms with Gasteiger partial charge in [-0.1, -0.05) is 29.8 Å². The number of para-hydroxylation sites is 1. The van der Waals surface area contributed by atoms with Gasteiger partial charge >= 0.3 is 5.97 Å². The number of carbonyl (C=O) groups is 1. The third-order valence-corrected chi connectivity index (χ3v) is 3.75. The second-order valence-electron chi connectivity index (χ2n) is 4.59. The SMILES string of the molecule is CN1c2ccccc2C(C(=O)O)c2cc(Cl)ccc21. The summed E-state index contributed by atoms with van der Waals surface area (Å²) in [6.45, 7) is 0. The van der Waals surface area contributed by atoms with E-state index in [1.54, 1.807) is 12.1 Å². The van der Waals surface area contributed by atoms with Crippen molar-refractivity contribution in [1.82, 2.24) is 0 Å². The van der Waals surface area contributed by atoms with Crippen molar-refractivity contribution in [3.05, 3.63) is 58.6 Å². The van der Waals surface area contributed by atoms with Gasteiger partial charge in [-0.2, -0.15) is 0 Å². The molecule has 1 atom stereocenters. The summed E-state index contributed by atoms with van der Waals surface area (Å²) < 4.78 is 0. The molecular formula is C15H12ClNO2. The minimum Gasteiger partial charge on any atom is -0.481 e. The number of aliphatic carboxylic acids is 1. The van der Waals surface area contributed by atoms with Gasteiger partial charge in [-0.05, 0) is 35.4 Å². The maximum Gasteiger partial charge on any atom is 0.315 e. The molecule has 3 nitrogen and oxygen atoms in total. The van der Waals surface area contributed by atoms with Crippen LogP contribution in [0.1, 0.15) is 17.0 Å². The number of nitrogens with zero attached hydrogens (tertiary/aromatic N) is 1. The lowest BCUT2D eigenvalue weighted by atomic mass is 9.85. The highest BCUT2D eigenvalue weighted by Crippen LogP contribution is 2.45. The molecule has 3 rings (SSSR count). The first kappa shape index (κ1) is 12.1. The van der Waals surface area contributed by atoms with E-state index in [0.29, 0.717) is 5.02 Å². The van der Waals surface area contributed by atoms with Gasteiger partial charge in [0.2, 0.25) is 0 Å². The van der Waals surface area contributed by atoms with Crippen LogP contribution in [-0.4, -0.2) is 18.1 Å². The van der Waals surface area contributed by atoms with Gasteiger partial charge in [-0.15, -0.1) is 0 Å². The fourth-order valence-electron chi connectivity index (χ4n) is 2.66. The molecule has 1 aliphatic rings. The van der Waals surface area contributed by atoms with Crippen LogP contribution in [0.5, 0.6) is 0 Å². The highest BCUT2D eigenvalue weighted by Gasteiger charge is 2.33. The van der Waals surface area contributed by atoms with E-state index in [1.807, 2.05) is 42.3 Å². The van der Waals surface area contributed by atoms with Gasteiger partial charge in [0.05, 0.1) is 0 Å². The highest BCUT2D eigenvalue weighted by molar-refractivity contribution is 6.30. The summed E-state index contributed by atoms with van der Waals surface area (Å²) in [4.78, 5) is 13.6. The van der Waals surface area contributed by atoms with Crippen LogP contribution in [0.3, 0.4) is 0 Å². The third kappa shape index (κ3) is 1.78. The Hall–Kier alpha value is -2.00. The predicted molar refractivity (Wildman–Crippen MR) is 75.4 cm³/mol. The molecule has 1 aliphatic heterocycles. The van der Waals surface area contributed by atoms with E-state index in [2.05, 4.69) is 0 Å². The van der Waals surface area contributed by atoms with Crippen molar-refractivity contribution in [3.8, 4) is 0 Å². The molecule has 1 N–H and O–H groups in total. The van der Waals surface area contributed by atoms with Crippen LogP contribution in [0.2, 0.25) is 5.02 Å². The zero-order valence-corrected chi connectivity index (χ0v) is 11.1. The Balaban J connectivity index is 2.30. The summed E-state index contributed by atoms with van der Waals surface area (Å²) in [5.74, 6) is -1.52. The largest absolute Gasteiger partial charge is 0.481 e. The summed E-state index contributed by atoms with van der Waals surface area (Å²) >= 11 is 6.01. The van der Waals surface area contributed by atoms with Crippen LogP contribution in [0.4, 0.5) is 11.4 Å². The van der Waals surface area contributed by atoms with E-state index in [1.165, 1.54) is 0 Å². The Morgan fingerprint density at radius 3 is 2.58 bits per heavy atom. The highest BCUT2D eigenvalue weighted by atomic mass is 35.5. The number of hydrogen-bond donors (Lipinski definition) is 1. The molecule has 1 heterocycles. The maximum absolute atomic E-state index is 11.6. The fraction of sp³-hybridized carbons (Fsp3) is 0.133. The predicted octanol–water partition coefficient (Wildman–Crippen LogP) is 3.64. The molecule has 1 unspecified atom stereocenters. The quantitative estimate of drug-likeness (QED) is 0.862. The molecule has 0 saturated carbocycles. The molecule has 2 aromatic carbocycles. The lowest BCUT2D eigenvalue weighted by Gasteiger charge is -2.33. The summed E-state index contributed by atoms with van der Waals surface area (Å²) in [6, 6.07) is 12.9. The summed E-state index contributed by atoms with van der Waals surface area (Å²) in [5.41, 5.74) is 3.34. The van der Waals surface area contributed by atoms with Gasteiger partial charge in [0.1, 0.15) is 5.92 Å². The van der Waals surface area contributed by atoms with Gasteiger partial charge in [0.15, 0.2) is 0 Å². The second-order valence-corrected chi connectivity index (χ2v) is 5.03. The number of halogens is 1. The summed E-state index contributed by atoms with van der Waals surface area (Å²) in [5, 5.41) is 10.1. The van der Waals surface area contributed by atoms with Gasteiger partial charge in [-0.3, -0.25) is 4.79 Å². The monoisotopic (exact) mass is 273 g/mol. The zero-order valence-electron chi connectivity index (χ0n) is 10.3. The number of carboxylic acid groups (broad SMARTS) is 1. The lowest BCUT2D eigenvalue weighted by molar-refractivity contribution is -0.137. The van der Waals surface area contributed by atoms with E-state index >= 15 is 0 Å². The van der Waals surface area contributed by atoms with E-state index < -0.39 is 11.9 Å². The number of benzene rings is 2. The Morgan fingerprint density at radius 2 is 1.84 bits per heavy atom. The number of fused-ring (bicyclic) bond motifs is 2. The molecule has 0 aromatic heterocycles. The molecule has 4 heteroatoms. The van der Waals surface area contributed by atoms with Crippen molar-refractivity contribution >= 4 is 28.9 Å². The van der Waals surface area contributed by atoms with Crippen LogP contribution < -0.4 is 4.90 Å². The first-order chi connectivity index (χ1) is 9.09. The van der Waals surface area contributed by atoms with Gasteiger partial charge in [-0.25, -0.2) is 0 Å². The first-order valence-corrected chi connectivity index (χ1v) is 6.32. The maximum atomic E-state index is 11.6. The molecule has 0 bridgehead atoms. The Bertz CT molecular complexity index is 669. The van der Waals surface area contributed by atoms with Gasteiger partial charge in [0, 0.05) is 23.4 Å². The Morgan fingerprint density at radius 1 is 1.16 bits per heavy atom. The number of carboxylic acids is 1. The minimum atomic E-state index is -0.857. The van der Waals surface area contributed by atoms with Crippen molar-refractivity contribution in [3.63, 3.8) is 0 Å². The van der Waals surface area contributed by atoms with E-state index in [4.69, 9.17) is 11.6 Å². The van der Waals surface area contributed by atoms with Crippen molar-refractivity contribution in [1.29, 1.82) is 0 Å². The van der Waals surface area contributed by atoms with Crippen molar-refractivity contribution in [2.24, 2.45) is 0 Å². The smallest absolute Gasteiger partial charge is 0.315 e. The number of hydrogen-bond acceptors (Lipinski definition) is 2.